The van der Waals surface area contributed by atoms with Gasteiger partial charge in [-0.1, -0.05) is 64.5 Å². The minimum Gasteiger partial charge on any atom is -0.441 e. The lowest BCUT2D eigenvalue weighted by Gasteiger charge is -2.14. The summed E-state index contributed by atoms with van der Waals surface area (Å²) in [6.07, 6.45) is 0.966. The van der Waals surface area contributed by atoms with Crippen LogP contribution in [0.3, 0.4) is 0 Å². The minimum atomic E-state index is -0.520. The van der Waals surface area contributed by atoms with Crippen LogP contribution < -0.4 is 5.32 Å². The number of benzene rings is 2. The van der Waals surface area contributed by atoms with Crippen molar-refractivity contribution in [2.45, 2.75) is 13.0 Å². The van der Waals surface area contributed by atoms with Crippen molar-refractivity contribution in [3.63, 3.8) is 0 Å². The number of hydrogen-bond acceptors (Lipinski definition) is 3. The molecule has 2 aromatic carbocycles. The van der Waals surface area contributed by atoms with Crippen molar-refractivity contribution in [3.05, 3.63) is 89.0 Å². The molecule has 6 heteroatoms. The summed E-state index contributed by atoms with van der Waals surface area (Å²) in [7, 11) is 0. The molecular formula is C22H18BrN3O2. The molecule has 0 saturated heterocycles. The molecule has 1 N–H and O–H groups in total. The molecule has 4 rings (SSSR count). The molecular weight excluding hydrogens is 418 g/mol. The minimum absolute atomic E-state index is 0.362. The Balaban J connectivity index is 1.64. The van der Waals surface area contributed by atoms with Crippen molar-refractivity contribution < 1.29 is 9.53 Å². The predicted molar refractivity (Wildman–Crippen MR) is 113 cm³/mol. The summed E-state index contributed by atoms with van der Waals surface area (Å²) in [6.45, 7) is 1.85. The van der Waals surface area contributed by atoms with E-state index in [0.29, 0.717) is 11.4 Å². The molecule has 0 spiro atoms. The van der Waals surface area contributed by atoms with Gasteiger partial charge in [0.1, 0.15) is 11.8 Å². The molecule has 5 nitrogen and oxygen atoms in total. The van der Waals surface area contributed by atoms with Crippen molar-refractivity contribution in [3.8, 4) is 11.3 Å². The first-order valence-electron chi connectivity index (χ1n) is 8.88. The standard InChI is InChI=1S/C22H18BrN3O2/c1-15(16-7-3-2-4-8-16)28-22(27)24-21-19-9-5-6-14-26(19)25-20(21)17-10-12-18(23)13-11-17/h2-15H,1H3,(H,24,27). The van der Waals surface area contributed by atoms with Crippen LogP contribution in [0.15, 0.2) is 83.5 Å². The summed E-state index contributed by atoms with van der Waals surface area (Å²) in [6, 6.07) is 23.1. The molecule has 1 unspecified atom stereocenters. The highest BCUT2D eigenvalue weighted by Crippen LogP contribution is 2.32. The lowest BCUT2D eigenvalue weighted by Crippen LogP contribution is -2.16. The summed E-state index contributed by atoms with van der Waals surface area (Å²) >= 11 is 3.45. The fraction of sp³-hybridized carbons (Fsp3) is 0.0909. The highest BCUT2D eigenvalue weighted by molar-refractivity contribution is 9.10. The van der Waals surface area contributed by atoms with E-state index in [9.17, 15) is 4.79 Å². The summed E-state index contributed by atoms with van der Waals surface area (Å²) in [4.78, 5) is 12.6. The van der Waals surface area contributed by atoms with E-state index in [2.05, 4.69) is 26.3 Å². The van der Waals surface area contributed by atoms with Crippen LogP contribution in [0.2, 0.25) is 0 Å². The highest BCUT2D eigenvalue weighted by atomic mass is 79.9. The van der Waals surface area contributed by atoms with Crippen LogP contribution >= 0.6 is 15.9 Å². The van der Waals surface area contributed by atoms with E-state index < -0.39 is 6.09 Å². The molecule has 0 saturated carbocycles. The third kappa shape index (κ3) is 3.77. The molecule has 28 heavy (non-hydrogen) atoms. The van der Waals surface area contributed by atoms with Crippen LogP contribution in [0, 0.1) is 0 Å². The van der Waals surface area contributed by atoms with E-state index in [-0.39, 0.29) is 6.10 Å². The fourth-order valence-corrected chi connectivity index (χ4v) is 3.28. The fourth-order valence-electron chi connectivity index (χ4n) is 3.02. The number of fused-ring (bicyclic) bond motifs is 1. The molecule has 140 valence electrons. The Hall–Kier alpha value is -3.12. The van der Waals surface area contributed by atoms with Crippen LogP contribution in [0.4, 0.5) is 10.5 Å². The number of amides is 1. The maximum atomic E-state index is 12.6. The van der Waals surface area contributed by atoms with E-state index in [1.54, 1.807) is 4.52 Å². The predicted octanol–water partition coefficient (Wildman–Crippen LogP) is 6.07. The number of aromatic nitrogens is 2. The van der Waals surface area contributed by atoms with E-state index in [0.717, 1.165) is 21.1 Å². The van der Waals surface area contributed by atoms with Gasteiger partial charge in [-0.2, -0.15) is 5.10 Å². The molecule has 2 heterocycles. The smallest absolute Gasteiger partial charge is 0.412 e. The van der Waals surface area contributed by atoms with Gasteiger partial charge < -0.3 is 4.74 Å². The molecule has 0 radical (unpaired) electrons. The second-order valence-corrected chi connectivity index (χ2v) is 7.26. The van der Waals surface area contributed by atoms with Gasteiger partial charge in [0.2, 0.25) is 0 Å². The first-order chi connectivity index (χ1) is 13.6. The summed E-state index contributed by atoms with van der Waals surface area (Å²) in [5.41, 5.74) is 3.94. The first kappa shape index (κ1) is 18.3. The van der Waals surface area contributed by atoms with E-state index in [4.69, 9.17) is 4.74 Å². The van der Waals surface area contributed by atoms with Crippen molar-refractivity contribution in [2.75, 3.05) is 5.32 Å². The molecule has 0 aliphatic rings. The summed E-state index contributed by atoms with van der Waals surface area (Å²) in [5, 5.41) is 7.53. The zero-order chi connectivity index (χ0) is 19.5. The van der Waals surface area contributed by atoms with Crippen LogP contribution in [0.25, 0.3) is 16.8 Å². The van der Waals surface area contributed by atoms with Crippen LogP contribution in [-0.2, 0) is 4.74 Å². The van der Waals surface area contributed by atoms with Gasteiger partial charge in [0.25, 0.3) is 0 Å². The number of ether oxygens (including phenoxy) is 1. The van der Waals surface area contributed by atoms with Crippen LogP contribution in [0.5, 0.6) is 0 Å². The maximum absolute atomic E-state index is 12.6. The topological polar surface area (TPSA) is 55.6 Å². The molecule has 4 aromatic rings. The number of nitrogens with one attached hydrogen (secondary N) is 1. The zero-order valence-corrected chi connectivity index (χ0v) is 16.8. The average Bonchev–Trinajstić information content (AvgIpc) is 3.07. The quantitative estimate of drug-likeness (QED) is 0.422. The van der Waals surface area contributed by atoms with Gasteiger partial charge in [-0.3, -0.25) is 5.32 Å². The van der Waals surface area contributed by atoms with Crippen LogP contribution in [-0.4, -0.2) is 15.7 Å². The first-order valence-corrected chi connectivity index (χ1v) is 9.67. The molecule has 2 aromatic heterocycles. The van der Waals surface area contributed by atoms with Gasteiger partial charge in [-0.25, -0.2) is 9.31 Å². The SMILES string of the molecule is CC(OC(=O)Nc1c(-c2ccc(Br)cc2)nn2ccccc12)c1ccccc1. The molecule has 0 bridgehead atoms. The number of anilines is 1. The number of carbonyl (C=O) groups excluding carboxylic acids is 1. The average molecular weight is 436 g/mol. The van der Waals surface area contributed by atoms with Gasteiger partial charge in [0.15, 0.2) is 0 Å². The van der Waals surface area contributed by atoms with Gasteiger partial charge in [-0.15, -0.1) is 0 Å². The Labute approximate surface area is 171 Å². The Bertz CT molecular complexity index is 1110. The van der Waals surface area contributed by atoms with Crippen LogP contribution in [0.1, 0.15) is 18.6 Å². The van der Waals surface area contributed by atoms with Crippen molar-refractivity contribution in [2.24, 2.45) is 0 Å². The summed E-state index contributed by atoms with van der Waals surface area (Å²) in [5.74, 6) is 0. The molecule has 1 atom stereocenters. The maximum Gasteiger partial charge on any atom is 0.412 e. The highest BCUT2D eigenvalue weighted by Gasteiger charge is 2.19. The summed E-state index contributed by atoms with van der Waals surface area (Å²) < 4.78 is 8.30. The molecule has 0 aliphatic carbocycles. The number of pyridine rings is 1. The normalized spacial score (nSPS) is 11.9. The molecule has 0 aliphatic heterocycles. The number of halogens is 1. The third-order valence-electron chi connectivity index (χ3n) is 4.44. The van der Waals surface area contributed by atoms with Gasteiger partial charge in [0, 0.05) is 16.2 Å². The van der Waals surface area contributed by atoms with E-state index in [1.807, 2.05) is 85.9 Å². The number of rotatable bonds is 4. The third-order valence-corrected chi connectivity index (χ3v) is 4.97. The lowest BCUT2D eigenvalue weighted by molar-refractivity contribution is 0.121. The monoisotopic (exact) mass is 435 g/mol. The number of hydrogen-bond donors (Lipinski definition) is 1. The zero-order valence-electron chi connectivity index (χ0n) is 15.2. The van der Waals surface area contributed by atoms with Crippen molar-refractivity contribution in [1.29, 1.82) is 0 Å². The Morgan fingerprint density at radius 1 is 1.04 bits per heavy atom. The molecule has 1 amide bonds. The number of carbonyl (C=O) groups is 1. The number of nitrogens with zero attached hydrogens (tertiary/aromatic N) is 2. The Kier molecular flexibility index (Phi) is 5.12. The van der Waals surface area contributed by atoms with Gasteiger partial charge in [-0.05, 0) is 36.8 Å². The van der Waals surface area contributed by atoms with Gasteiger partial charge >= 0.3 is 6.09 Å². The molecule has 0 fully saturated rings. The van der Waals surface area contributed by atoms with Crippen molar-refractivity contribution >= 4 is 33.2 Å². The Morgan fingerprint density at radius 2 is 1.75 bits per heavy atom. The van der Waals surface area contributed by atoms with E-state index in [1.165, 1.54) is 0 Å². The lowest BCUT2D eigenvalue weighted by atomic mass is 10.1. The Morgan fingerprint density at radius 3 is 2.50 bits per heavy atom. The van der Waals surface area contributed by atoms with E-state index >= 15 is 0 Å². The second kappa shape index (κ2) is 7.86. The largest absolute Gasteiger partial charge is 0.441 e. The van der Waals surface area contributed by atoms with Crippen molar-refractivity contribution in [1.82, 2.24) is 9.61 Å². The van der Waals surface area contributed by atoms with Gasteiger partial charge in [0.05, 0.1) is 11.2 Å². The second-order valence-electron chi connectivity index (χ2n) is 6.34.